The molecule has 0 bridgehead atoms. The van der Waals surface area contributed by atoms with Crippen LogP contribution in [0.15, 0.2) is 91.4 Å². The van der Waals surface area contributed by atoms with Gasteiger partial charge in [-0.05, 0) is 49.6 Å². The second kappa shape index (κ2) is 9.18. The summed E-state index contributed by atoms with van der Waals surface area (Å²) in [5.41, 5.74) is 4.15. The standard InChI is InChI=1S/C25H24N4O/c1-19(14-15-20-9-4-2-5-10-20)27-25(30)23-18-29(22-12-6-3-7-13-22)28-24(23)21-11-8-16-26-17-21/h2-13,16-19H,14-15H2,1H3,(H,27,30)/t19-/m0/s1. The molecule has 1 N–H and O–H groups in total. The maximum atomic E-state index is 13.1. The maximum Gasteiger partial charge on any atom is 0.255 e. The number of rotatable bonds is 7. The SMILES string of the molecule is C[C@@H](CCc1ccccc1)NC(=O)c1cn(-c2ccccc2)nc1-c1cccnc1. The fraction of sp³-hybridized carbons (Fsp3) is 0.160. The Morgan fingerprint density at radius 1 is 1.00 bits per heavy atom. The number of carbonyl (C=O) groups is 1. The van der Waals surface area contributed by atoms with E-state index in [1.165, 1.54) is 5.56 Å². The molecule has 0 aliphatic rings. The lowest BCUT2D eigenvalue weighted by Crippen LogP contribution is -2.33. The molecule has 1 atom stereocenters. The van der Waals surface area contributed by atoms with Crippen LogP contribution >= 0.6 is 0 Å². The van der Waals surface area contributed by atoms with E-state index in [4.69, 9.17) is 0 Å². The molecular formula is C25H24N4O. The summed E-state index contributed by atoms with van der Waals surface area (Å²) in [7, 11) is 0. The first-order valence-corrected chi connectivity index (χ1v) is 10.1. The van der Waals surface area contributed by atoms with Crippen LogP contribution in [0.5, 0.6) is 0 Å². The van der Waals surface area contributed by atoms with Crippen molar-refractivity contribution in [3.05, 3.63) is 103 Å². The molecule has 2 aromatic carbocycles. The Balaban J connectivity index is 1.55. The second-order valence-electron chi connectivity index (χ2n) is 7.31. The zero-order valence-electron chi connectivity index (χ0n) is 16.9. The Morgan fingerprint density at radius 2 is 1.73 bits per heavy atom. The number of para-hydroxylation sites is 1. The molecule has 0 spiro atoms. The number of nitrogens with one attached hydrogen (secondary N) is 1. The second-order valence-corrected chi connectivity index (χ2v) is 7.31. The molecule has 4 rings (SSSR count). The van der Waals surface area contributed by atoms with Gasteiger partial charge in [0.1, 0.15) is 5.69 Å². The fourth-order valence-electron chi connectivity index (χ4n) is 3.37. The molecule has 0 unspecified atom stereocenters. The molecule has 5 nitrogen and oxygen atoms in total. The third-order valence-electron chi connectivity index (χ3n) is 5.00. The molecule has 150 valence electrons. The molecule has 0 radical (unpaired) electrons. The number of nitrogens with zero attached hydrogens (tertiary/aromatic N) is 3. The molecule has 0 aliphatic carbocycles. The topological polar surface area (TPSA) is 59.8 Å². The van der Waals surface area contributed by atoms with Crippen molar-refractivity contribution in [1.82, 2.24) is 20.1 Å². The fourth-order valence-corrected chi connectivity index (χ4v) is 3.37. The molecular weight excluding hydrogens is 372 g/mol. The molecule has 0 saturated heterocycles. The van der Waals surface area contributed by atoms with E-state index < -0.39 is 0 Å². The van der Waals surface area contributed by atoms with Gasteiger partial charge in [-0.2, -0.15) is 5.10 Å². The highest BCUT2D eigenvalue weighted by Crippen LogP contribution is 2.23. The summed E-state index contributed by atoms with van der Waals surface area (Å²) in [5, 5.41) is 7.82. The molecule has 0 fully saturated rings. The van der Waals surface area contributed by atoms with Crippen molar-refractivity contribution >= 4 is 5.91 Å². The van der Waals surface area contributed by atoms with Crippen molar-refractivity contribution in [1.29, 1.82) is 0 Å². The van der Waals surface area contributed by atoms with Crippen LogP contribution in [0.2, 0.25) is 0 Å². The average molecular weight is 396 g/mol. The number of benzene rings is 2. The van der Waals surface area contributed by atoms with Crippen LogP contribution in [0.3, 0.4) is 0 Å². The van der Waals surface area contributed by atoms with E-state index in [2.05, 4.69) is 27.5 Å². The summed E-state index contributed by atoms with van der Waals surface area (Å²) < 4.78 is 1.74. The van der Waals surface area contributed by atoms with Crippen molar-refractivity contribution in [2.24, 2.45) is 0 Å². The lowest BCUT2D eigenvalue weighted by atomic mass is 10.1. The van der Waals surface area contributed by atoms with E-state index in [1.807, 2.05) is 67.6 Å². The number of carbonyl (C=O) groups excluding carboxylic acids is 1. The molecule has 5 heteroatoms. The minimum atomic E-state index is -0.128. The molecule has 2 aromatic heterocycles. The van der Waals surface area contributed by atoms with E-state index >= 15 is 0 Å². The number of hydrogen-bond acceptors (Lipinski definition) is 3. The van der Waals surface area contributed by atoms with Crippen LogP contribution in [0.1, 0.15) is 29.3 Å². The van der Waals surface area contributed by atoms with Gasteiger partial charge in [0.25, 0.3) is 5.91 Å². The first kappa shape index (κ1) is 19.6. The van der Waals surface area contributed by atoms with Gasteiger partial charge < -0.3 is 5.32 Å². The van der Waals surface area contributed by atoms with E-state index in [9.17, 15) is 4.79 Å². The normalized spacial score (nSPS) is 11.8. The van der Waals surface area contributed by atoms with Gasteiger partial charge in [0.15, 0.2) is 0 Å². The number of pyridine rings is 1. The highest BCUT2D eigenvalue weighted by atomic mass is 16.1. The Labute approximate surface area is 176 Å². The smallest absolute Gasteiger partial charge is 0.255 e. The Kier molecular flexibility index (Phi) is 5.99. The van der Waals surface area contributed by atoms with Gasteiger partial charge in [-0.25, -0.2) is 4.68 Å². The van der Waals surface area contributed by atoms with Crippen LogP contribution in [0.25, 0.3) is 16.9 Å². The average Bonchev–Trinajstić information content (AvgIpc) is 3.25. The predicted octanol–water partition coefficient (Wildman–Crippen LogP) is 4.69. The number of hydrogen-bond donors (Lipinski definition) is 1. The minimum absolute atomic E-state index is 0.0412. The van der Waals surface area contributed by atoms with Gasteiger partial charge in [0.05, 0.1) is 11.3 Å². The van der Waals surface area contributed by atoms with Crippen LogP contribution in [0.4, 0.5) is 0 Å². The monoisotopic (exact) mass is 396 g/mol. The summed E-state index contributed by atoms with van der Waals surface area (Å²) in [5.74, 6) is -0.128. The summed E-state index contributed by atoms with van der Waals surface area (Å²) in [6.45, 7) is 2.03. The van der Waals surface area contributed by atoms with Crippen LogP contribution in [0, 0.1) is 0 Å². The van der Waals surface area contributed by atoms with Gasteiger partial charge in [-0.15, -0.1) is 0 Å². The minimum Gasteiger partial charge on any atom is -0.349 e. The Hall–Kier alpha value is -3.73. The zero-order valence-corrected chi connectivity index (χ0v) is 16.9. The lowest BCUT2D eigenvalue weighted by Gasteiger charge is -2.14. The largest absolute Gasteiger partial charge is 0.349 e. The van der Waals surface area contributed by atoms with Gasteiger partial charge in [0, 0.05) is 30.2 Å². The number of amides is 1. The predicted molar refractivity (Wildman–Crippen MR) is 118 cm³/mol. The summed E-state index contributed by atoms with van der Waals surface area (Å²) in [4.78, 5) is 17.3. The van der Waals surface area contributed by atoms with Gasteiger partial charge >= 0.3 is 0 Å². The molecule has 2 heterocycles. The maximum absolute atomic E-state index is 13.1. The number of aromatic nitrogens is 3. The lowest BCUT2D eigenvalue weighted by molar-refractivity contribution is 0.0939. The third-order valence-corrected chi connectivity index (χ3v) is 5.00. The molecule has 4 aromatic rings. The van der Waals surface area contributed by atoms with Crippen molar-refractivity contribution in [3.8, 4) is 16.9 Å². The summed E-state index contributed by atoms with van der Waals surface area (Å²) >= 11 is 0. The number of aryl methyl sites for hydroxylation is 1. The third kappa shape index (κ3) is 4.63. The van der Waals surface area contributed by atoms with Gasteiger partial charge in [-0.3, -0.25) is 9.78 Å². The van der Waals surface area contributed by atoms with Crippen molar-refractivity contribution in [3.63, 3.8) is 0 Å². The Bertz CT molecular complexity index is 1090. The first-order valence-electron chi connectivity index (χ1n) is 10.1. The molecule has 1 amide bonds. The molecule has 0 saturated carbocycles. The van der Waals surface area contributed by atoms with Crippen molar-refractivity contribution < 1.29 is 4.79 Å². The van der Waals surface area contributed by atoms with Crippen LogP contribution in [-0.2, 0) is 6.42 Å². The van der Waals surface area contributed by atoms with Gasteiger partial charge in [0.2, 0.25) is 0 Å². The quantitative estimate of drug-likeness (QED) is 0.493. The molecule has 0 aliphatic heterocycles. The van der Waals surface area contributed by atoms with Crippen molar-refractivity contribution in [2.75, 3.05) is 0 Å². The summed E-state index contributed by atoms with van der Waals surface area (Å²) in [6.07, 6.45) is 7.01. The van der Waals surface area contributed by atoms with Gasteiger partial charge in [-0.1, -0.05) is 48.5 Å². The molecule has 30 heavy (non-hydrogen) atoms. The summed E-state index contributed by atoms with van der Waals surface area (Å²) in [6, 6.07) is 23.9. The van der Waals surface area contributed by atoms with Crippen molar-refractivity contribution in [2.45, 2.75) is 25.8 Å². The van der Waals surface area contributed by atoms with Crippen LogP contribution < -0.4 is 5.32 Å². The Morgan fingerprint density at radius 3 is 2.43 bits per heavy atom. The van der Waals surface area contributed by atoms with E-state index in [0.29, 0.717) is 11.3 Å². The van der Waals surface area contributed by atoms with E-state index in [0.717, 1.165) is 24.1 Å². The first-order chi connectivity index (χ1) is 14.7. The zero-order chi connectivity index (χ0) is 20.8. The highest BCUT2D eigenvalue weighted by Gasteiger charge is 2.20. The van der Waals surface area contributed by atoms with Crippen LogP contribution in [-0.4, -0.2) is 26.7 Å². The van der Waals surface area contributed by atoms with E-state index in [1.54, 1.807) is 23.3 Å². The van der Waals surface area contributed by atoms with E-state index in [-0.39, 0.29) is 11.9 Å². The highest BCUT2D eigenvalue weighted by molar-refractivity contribution is 6.00.